The van der Waals surface area contributed by atoms with Crippen molar-refractivity contribution in [3.63, 3.8) is 0 Å². The van der Waals surface area contributed by atoms with E-state index in [2.05, 4.69) is 9.97 Å². The quantitative estimate of drug-likeness (QED) is 0.880. The normalized spacial score (nSPS) is 9.94. The fourth-order valence-corrected chi connectivity index (χ4v) is 1.16. The second kappa shape index (κ2) is 4.56. The van der Waals surface area contributed by atoms with Crippen LogP contribution in [-0.4, -0.2) is 21.0 Å². The average molecular weight is 234 g/mol. The Labute approximate surface area is 95.5 Å². The third-order valence-electron chi connectivity index (χ3n) is 1.90. The molecule has 2 rings (SSSR count). The van der Waals surface area contributed by atoms with Crippen LogP contribution in [0.25, 0.3) is 0 Å². The Morgan fingerprint density at radius 1 is 1.18 bits per heavy atom. The van der Waals surface area contributed by atoms with Crippen molar-refractivity contribution in [3.8, 4) is 11.6 Å². The first-order valence-corrected chi connectivity index (χ1v) is 4.64. The molecule has 5 nitrogen and oxygen atoms in total. The minimum Gasteiger partial charge on any atom is -0.476 e. The minimum atomic E-state index is -1.24. The maximum Gasteiger partial charge on any atom is 0.360 e. The first kappa shape index (κ1) is 11.0. The number of halogens is 1. The van der Waals surface area contributed by atoms with Crippen molar-refractivity contribution >= 4 is 5.97 Å². The molecule has 0 atom stereocenters. The van der Waals surface area contributed by atoms with Gasteiger partial charge in [-0.15, -0.1) is 0 Å². The molecule has 0 fully saturated rings. The van der Waals surface area contributed by atoms with Crippen LogP contribution in [0.4, 0.5) is 4.39 Å². The van der Waals surface area contributed by atoms with Gasteiger partial charge in [0.25, 0.3) is 5.88 Å². The highest BCUT2D eigenvalue weighted by atomic mass is 19.1. The van der Waals surface area contributed by atoms with Gasteiger partial charge in [0.1, 0.15) is 11.6 Å². The van der Waals surface area contributed by atoms with Crippen molar-refractivity contribution in [1.29, 1.82) is 0 Å². The summed E-state index contributed by atoms with van der Waals surface area (Å²) >= 11 is 0. The summed E-state index contributed by atoms with van der Waals surface area (Å²) in [6.07, 6.45) is 2.56. The van der Waals surface area contributed by atoms with Crippen molar-refractivity contribution in [2.75, 3.05) is 0 Å². The van der Waals surface area contributed by atoms with Gasteiger partial charge >= 0.3 is 5.97 Å². The van der Waals surface area contributed by atoms with Crippen LogP contribution in [0.1, 0.15) is 10.5 Å². The molecule has 0 radical (unpaired) electrons. The highest BCUT2D eigenvalue weighted by Gasteiger charge is 2.14. The number of carbonyl (C=O) groups is 1. The van der Waals surface area contributed by atoms with Gasteiger partial charge in [-0.2, -0.15) is 0 Å². The second-order valence-electron chi connectivity index (χ2n) is 3.07. The lowest BCUT2D eigenvalue weighted by atomic mass is 10.3. The standard InChI is InChI=1S/C11H7FN2O3/c12-7-1-3-8(4-2-7)17-10-9(11(15)16)13-5-6-14-10/h1-6H,(H,15,16). The third kappa shape index (κ3) is 2.54. The summed E-state index contributed by atoms with van der Waals surface area (Å²) in [7, 11) is 0. The summed E-state index contributed by atoms with van der Waals surface area (Å²) in [6, 6.07) is 5.14. The zero-order chi connectivity index (χ0) is 12.3. The molecule has 1 aromatic heterocycles. The summed E-state index contributed by atoms with van der Waals surface area (Å²) < 4.78 is 17.9. The Kier molecular flexibility index (Phi) is 2.95. The van der Waals surface area contributed by atoms with Crippen LogP contribution in [0.3, 0.4) is 0 Å². The summed E-state index contributed by atoms with van der Waals surface area (Å²) in [5, 5.41) is 8.85. The fourth-order valence-electron chi connectivity index (χ4n) is 1.16. The SMILES string of the molecule is O=C(O)c1nccnc1Oc1ccc(F)cc1. The molecule has 0 saturated carbocycles. The van der Waals surface area contributed by atoms with E-state index in [1.807, 2.05) is 0 Å². The predicted molar refractivity (Wildman–Crippen MR) is 55.5 cm³/mol. The Morgan fingerprint density at radius 3 is 2.47 bits per heavy atom. The van der Waals surface area contributed by atoms with E-state index in [0.717, 1.165) is 0 Å². The van der Waals surface area contributed by atoms with Crippen LogP contribution in [0, 0.1) is 5.82 Å². The summed E-state index contributed by atoms with van der Waals surface area (Å²) in [5.74, 6) is -1.49. The number of aromatic nitrogens is 2. The van der Waals surface area contributed by atoms with E-state index < -0.39 is 11.8 Å². The number of benzene rings is 1. The topological polar surface area (TPSA) is 72.3 Å². The van der Waals surface area contributed by atoms with E-state index in [-0.39, 0.29) is 17.3 Å². The summed E-state index contributed by atoms with van der Waals surface area (Å²) in [6.45, 7) is 0. The Morgan fingerprint density at radius 2 is 1.82 bits per heavy atom. The molecule has 0 aliphatic carbocycles. The average Bonchev–Trinajstić information content (AvgIpc) is 2.32. The lowest BCUT2D eigenvalue weighted by molar-refractivity contribution is 0.0686. The minimum absolute atomic E-state index is 0.133. The summed E-state index contributed by atoms with van der Waals surface area (Å²) in [4.78, 5) is 18.2. The molecule has 0 unspecified atom stereocenters. The molecule has 1 aromatic carbocycles. The largest absolute Gasteiger partial charge is 0.476 e. The predicted octanol–water partition coefficient (Wildman–Crippen LogP) is 2.11. The summed E-state index contributed by atoms with van der Waals surface area (Å²) in [5.41, 5.74) is -0.295. The van der Waals surface area contributed by atoms with Gasteiger partial charge in [-0.05, 0) is 24.3 Å². The first-order valence-electron chi connectivity index (χ1n) is 4.64. The molecular formula is C11H7FN2O3. The van der Waals surface area contributed by atoms with Gasteiger partial charge in [0.05, 0.1) is 0 Å². The molecule has 6 heteroatoms. The van der Waals surface area contributed by atoms with Crippen LogP contribution in [-0.2, 0) is 0 Å². The number of carboxylic acid groups (broad SMARTS) is 1. The number of ether oxygens (including phenoxy) is 1. The van der Waals surface area contributed by atoms with Crippen LogP contribution >= 0.6 is 0 Å². The van der Waals surface area contributed by atoms with E-state index in [9.17, 15) is 9.18 Å². The molecule has 86 valence electrons. The first-order chi connectivity index (χ1) is 8.16. The third-order valence-corrected chi connectivity index (χ3v) is 1.90. The van der Waals surface area contributed by atoms with Gasteiger partial charge < -0.3 is 9.84 Å². The maximum absolute atomic E-state index is 12.7. The maximum atomic E-state index is 12.7. The number of aromatic carboxylic acids is 1. The molecule has 0 spiro atoms. The highest BCUT2D eigenvalue weighted by molar-refractivity contribution is 5.87. The van der Waals surface area contributed by atoms with Gasteiger partial charge in [-0.3, -0.25) is 0 Å². The molecule has 0 bridgehead atoms. The van der Waals surface area contributed by atoms with E-state index in [4.69, 9.17) is 9.84 Å². The van der Waals surface area contributed by atoms with Crippen molar-refractivity contribution in [1.82, 2.24) is 9.97 Å². The monoisotopic (exact) mass is 234 g/mol. The fraction of sp³-hybridized carbons (Fsp3) is 0. The molecular weight excluding hydrogens is 227 g/mol. The van der Waals surface area contributed by atoms with Crippen LogP contribution in [0.5, 0.6) is 11.6 Å². The van der Waals surface area contributed by atoms with Crippen molar-refractivity contribution in [3.05, 3.63) is 48.2 Å². The van der Waals surface area contributed by atoms with E-state index >= 15 is 0 Å². The zero-order valence-electron chi connectivity index (χ0n) is 8.50. The van der Waals surface area contributed by atoms with Gasteiger partial charge in [-0.1, -0.05) is 0 Å². The Balaban J connectivity index is 2.30. The highest BCUT2D eigenvalue weighted by Crippen LogP contribution is 2.21. The van der Waals surface area contributed by atoms with Gasteiger partial charge in [-0.25, -0.2) is 19.2 Å². The van der Waals surface area contributed by atoms with Crippen molar-refractivity contribution < 1.29 is 19.0 Å². The van der Waals surface area contributed by atoms with Crippen molar-refractivity contribution in [2.24, 2.45) is 0 Å². The molecule has 0 amide bonds. The number of hydrogen-bond acceptors (Lipinski definition) is 4. The van der Waals surface area contributed by atoms with Gasteiger partial charge in [0.15, 0.2) is 0 Å². The zero-order valence-corrected chi connectivity index (χ0v) is 8.50. The lowest BCUT2D eigenvalue weighted by Crippen LogP contribution is -2.04. The Bertz CT molecular complexity index is 543. The van der Waals surface area contributed by atoms with Crippen LogP contribution < -0.4 is 4.74 Å². The van der Waals surface area contributed by atoms with Gasteiger partial charge in [0, 0.05) is 12.4 Å². The lowest BCUT2D eigenvalue weighted by Gasteiger charge is -2.05. The van der Waals surface area contributed by atoms with Crippen molar-refractivity contribution in [2.45, 2.75) is 0 Å². The molecule has 1 heterocycles. The number of hydrogen-bond donors (Lipinski definition) is 1. The van der Waals surface area contributed by atoms with E-state index in [0.29, 0.717) is 0 Å². The smallest absolute Gasteiger partial charge is 0.360 e. The molecule has 1 N–H and O–H groups in total. The van der Waals surface area contributed by atoms with Gasteiger partial charge in [0.2, 0.25) is 5.69 Å². The van der Waals surface area contributed by atoms with E-state index in [1.54, 1.807) is 0 Å². The number of nitrogens with zero attached hydrogens (tertiary/aromatic N) is 2. The van der Waals surface area contributed by atoms with Crippen LogP contribution in [0.2, 0.25) is 0 Å². The Hall–Kier alpha value is -2.50. The van der Waals surface area contributed by atoms with Crippen LogP contribution in [0.15, 0.2) is 36.7 Å². The number of carboxylic acids is 1. The molecule has 0 aliphatic rings. The molecule has 17 heavy (non-hydrogen) atoms. The van der Waals surface area contributed by atoms with E-state index in [1.165, 1.54) is 36.7 Å². The molecule has 0 aliphatic heterocycles. The second-order valence-corrected chi connectivity index (χ2v) is 3.07. The molecule has 2 aromatic rings. The molecule has 0 saturated heterocycles. The number of rotatable bonds is 3.